The van der Waals surface area contributed by atoms with Gasteiger partial charge in [0.15, 0.2) is 0 Å². The highest BCUT2D eigenvalue weighted by Gasteiger charge is 2.10. The predicted molar refractivity (Wildman–Crippen MR) is 28.5 cm³/mol. The van der Waals surface area contributed by atoms with Crippen LogP contribution in [-0.4, -0.2) is 31.4 Å². The zero-order chi connectivity index (χ0) is 7.28. The van der Waals surface area contributed by atoms with E-state index in [0.717, 1.165) is 0 Å². The topological polar surface area (TPSA) is 29.5 Å². The van der Waals surface area contributed by atoms with Gasteiger partial charge in [0.05, 0.1) is 12.7 Å². The van der Waals surface area contributed by atoms with E-state index in [1.807, 2.05) is 0 Å². The lowest BCUT2D eigenvalue weighted by molar-refractivity contribution is 0.0141. The number of hydrogen-bond donors (Lipinski definition) is 1. The van der Waals surface area contributed by atoms with Crippen molar-refractivity contribution < 1.29 is 18.6 Å². The van der Waals surface area contributed by atoms with E-state index in [1.54, 1.807) is 0 Å². The number of alkyl halides is 2. The molecule has 0 radical (unpaired) electrons. The minimum atomic E-state index is -2.45. The summed E-state index contributed by atoms with van der Waals surface area (Å²) in [5.41, 5.74) is 0. The molecule has 0 saturated heterocycles. The second-order valence-corrected chi connectivity index (χ2v) is 1.74. The quantitative estimate of drug-likeness (QED) is 0.621. The smallest absolute Gasteiger partial charge is 0.241 e. The first-order chi connectivity index (χ1) is 4.16. The fourth-order valence-electron chi connectivity index (χ4n) is 0.466. The molecular weight excluding hydrogens is 130 g/mol. The zero-order valence-electron chi connectivity index (χ0n) is 5.18. The third-order valence-corrected chi connectivity index (χ3v) is 0.809. The molecule has 4 heteroatoms. The molecule has 0 bridgehead atoms. The summed E-state index contributed by atoms with van der Waals surface area (Å²) in [6.07, 6.45) is -3.99. The Bertz CT molecular complexity index is 68.0. The zero-order valence-corrected chi connectivity index (χ0v) is 5.18. The Hall–Kier alpha value is -0.220. The summed E-state index contributed by atoms with van der Waals surface area (Å²) in [6.45, 7) is -0.0235. The van der Waals surface area contributed by atoms with Crippen molar-refractivity contribution in [3.8, 4) is 0 Å². The molecule has 0 aromatic rings. The maximum Gasteiger partial charge on any atom is 0.241 e. The van der Waals surface area contributed by atoms with Crippen LogP contribution in [0.2, 0.25) is 0 Å². The molecule has 0 amide bonds. The summed E-state index contributed by atoms with van der Waals surface area (Å²) in [4.78, 5) is 0. The second-order valence-electron chi connectivity index (χ2n) is 1.74. The lowest BCUT2D eigenvalue weighted by atomic mass is 10.3. The van der Waals surface area contributed by atoms with Gasteiger partial charge in [0.2, 0.25) is 6.43 Å². The lowest BCUT2D eigenvalue weighted by Crippen LogP contribution is -2.17. The molecule has 1 N–H and O–H groups in total. The van der Waals surface area contributed by atoms with E-state index in [9.17, 15) is 8.78 Å². The van der Waals surface area contributed by atoms with Crippen LogP contribution in [0, 0.1) is 0 Å². The Morgan fingerprint density at radius 1 is 1.56 bits per heavy atom. The average Bonchev–Trinajstić information content (AvgIpc) is 1.63. The van der Waals surface area contributed by atoms with Gasteiger partial charge in [0.1, 0.15) is 0 Å². The number of ether oxygens (including phenoxy) is 1. The summed E-state index contributed by atoms with van der Waals surface area (Å²) in [6, 6.07) is 0. The lowest BCUT2D eigenvalue weighted by Gasteiger charge is -2.06. The number of methoxy groups -OCH3 is 1. The van der Waals surface area contributed by atoms with Crippen LogP contribution in [-0.2, 0) is 4.74 Å². The molecule has 0 saturated carbocycles. The third-order valence-electron chi connectivity index (χ3n) is 0.809. The van der Waals surface area contributed by atoms with Crippen LogP contribution in [0.25, 0.3) is 0 Å². The molecule has 9 heavy (non-hydrogen) atoms. The highest BCUT2D eigenvalue weighted by molar-refractivity contribution is 4.53. The summed E-state index contributed by atoms with van der Waals surface area (Å²) < 4.78 is 27.2. The molecule has 0 aliphatic rings. The van der Waals surface area contributed by atoms with Crippen molar-refractivity contribution in [1.82, 2.24) is 0 Å². The molecule has 0 rings (SSSR count). The standard InChI is InChI=1S/C5H10F2O2/c1-9-3-4(8)2-5(6)7/h4-5,8H,2-3H2,1H3. The third kappa shape index (κ3) is 5.65. The summed E-state index contributed by atoms with van der Waals surface area (Å²) >= 11 is 0. The highest BCUT2D eigenvalue weighted by atomic mass is 19.3. The summed E-state index contributed by atoms with van der Waals surface area (Å²) in [5, 5.41) is 8.61. The minimum absolute atomic E-state index is 0.0235. The van der Waals surface area contributed by atoms with E-state index < -0.39 is 19.0 Å². The fraction of sp³-hybridized carbons (Fsp3) is 1.00. The van der Waals surface area contributed by atoms with Crippen LogP contribution in [0.15, 0.2) is 0 Å². The molecule has 0 fully saturated rings. The van der Waals surface area contributed by atoms with Crippen LogP contribution in [0.1, 0.15) is 6.42 Å². The van der Waals surface area contributed by atoms with Crippen LogP contribution in [0.3, 0.4) is 0 Å². The largest absolute Gasteiger partial charge is 0.391 e. The van der Waals surface area contributed by atoms with Crippen LogP contribution < -0.4 is 0 Å². The van der Waals surface area contributed by atoms with Gasteiger partial charge in [-0.25, -0.2) is 8.78 Å². The van der Waals surface area contributed by atoms with Crippen LogP contribution in [0.5, 0.6) is 0 Å². The summed E-state index contributed by atoms with van der Waals surface area (Å²) in [7, 11) is 1.36. The Kier molecular flexibility index (Phi) is 4.53. The van der Waals surface area contributed by atoms with Gasteiger partial charge in [-0.1, -0.05) is 0 Å². The van der Waals surface area contributed by atoms with E-state index in [1.165, 1.54) is 7.11 Å². The predicted octanol–water partition coefficient (Wildman–Crippen LogP) is 0.649. The van der Waals surface area contributed by atoms with Gasteiger partial charge in [0.25, 0.3) is 0 Å². The fourth-order valence-corrected chi connectivity index (χ4v) is 0.466. The van der Waals surface area contributed by atoms with Crippen LogP contribution in [0.4, 0.5) is 8.78 Å². The van der Waals surface area contributed by atoms with E-state index in [0.29, 0.717) is 0 Å². The van der Waals surface area contributed by atoms with Gasteiger partial charge < -0.3 is 9.84 Å². The van der Waals surface area contributed by atoms with Crippen molar-refractivity contribution in [3.05, 3.63) is 0 Å². The molecule has 0 aliphatic heterocycles. The van der Waals surface area contributed by atoms with Gasteiger partial charge >= 0.3 is 0 Å². The van der Waals surface area contributed by atoms with Crippen molar-refractivity contribution in [1.29, 1.82) is 0 Å². The Balaban J connectivity index is 3.15. The first-order valence-corrected chi connectivity index (χ1v) is 2.62. The Morgan fingerprint density at radius 2 is 2.11 bits per heavy atom. The Labute approximate surface area is 52.4 Å². The van der Waals surface area contributed by atoms with Crippen molar-refractivity contribution in [2.45, 2.75) is 19.0 Å². The molecule has 1 atom stereocenters. The molecule has 2 nitrogen and oxygen atoms in total. The molecule has 0 spiro atoms. The van der Waals surface area contributed by atoms with E-state index in [4.69, 9.17) is 5.11 Å². The SMILES string of the molecule is COCC(O)CC(F)F. The molecule has 56 valence electrons. The summed E-state index contributed by atoms with van der Waals surface area (Å²) in [5.74, 6) is 0. The number of rotatable bonds is 4. The van der Waals surface area contributed by atoms with Gasteiger partial charge in [-0.3, -0.25) is 0 Å². The Morgan fingerprint density at radius 3 is 2.44 bits per heavy atom. The molecule has 0 heterocycles. The van der Waals surface area contributed by atoms with Gasteiger partial charge in [-0.15, -0.1) is 0 Å². The monoisotopic (exact) mass is 140 g/mol. The number of hydrogen-bond acceptors (Lipinski definition) is 2. The van der Waals surface area contributed by atoms with Crippen molar-refractivity contribution >= 4 is 0 Å². The van der Waals surface area contributed by atoms with E-state index >= 15 is 0 Å². The number of halogens is 2. The normalized spacial score (nSPS) is 14.3. The average molecular weight is 140 g/mol. The first-order valence-electron chi connectivity index (χ1n) is 2.62. The first kappa shape index (κ1) is 8.78. The molecule has 0 aliphatic carbocycles. The van der Waals surface area contributed by atoms with Crippen molar-refractivity contribution in [2.24, 2.45) is 0 Å². The molecule has 0 aromatic carbocycles. The second kappa shape index (κ2) is 4.64. The minimum Gasteiger partial charge on any atom is -0.391 e. The van der Waals surface area contributed by atoms with Gasteiger partial charge in [0, 0.05) is 13.5 Å². The van der Waals surface area contributed by atoms with E-state index in [2.05, 4.69) is 4.74 Å². The van der Waals surface area contributed by atoms with Crippen molar-refractivity contribution in [3.63, 3.8) is 0 Å². The molecule has 1 unspecified atom stereocenters. The molecular formula is C5H10F2O2. The van der Waals surface area contributed by atoms with Crippen LogP contribution >= 0.6 is 0 Å². The number of aliphatic hydroxyl groups is 1. The maximum atomic E-state index is 11.4. The van der Waals surface area contributed by atoms with E-state index in [-0.39, 0.29) is 6.61 Å². The highest BCUT2D eigenvalue weighted by Crippen LogP contribution is 2.03. The maximum absolute atomic E-state index is 11.4. The van der Waals surface area contributed by atoms with Gasteiger partial charge in [-0.2, -0.15) is 0 Å². The van der Waals surface area contributed by atoms with Gasteiger partial charge in [-0.05, 0) is 0 Å². The van der Waals surface area contributed by atoms with Crippen molar-refractivity contribution in [2.75, 3.05) is 13.7 Å². The number of aliphatic hydroxyl groups excluding tert-OH is 1. The molecule has 0 aromatic heterocycles.